The first-order chi connectivity index (χ1) is 9.49. The van der Waals surface area contributed by atoms with Crippen LogP contribution in [0, 0.1) is 0 Å². The Morgan fingerprint density at radius 1 is 1.30 bits per heavy atom. The van der Waals surface area contributed by atoms with Crippen molar-refractivity contribution in [1.82, 2.24) is 10.2 Å². The maximum Gasteiger partial charge on any atom is 0.573 e. The molecule has 0 saturated carbocycles. The maximum absolute atomic E-state index is 12.4. The smallest absolute Gasteiger partial charge is 0.405 e. The van der Waals surface area contributed by atoms with E-state index in [9.17, 15) is 13.2 Å². The lowest BCUT2D eigenvalue weighted by molar-refractivity contribution is -0.275. The highest BCUT2D eigenvalue weighted by Crippen LogP contribution is 2.27. The van der Waals surface area contributed by atoms with Crippen molar-refractivity contribution in [3.63, 3.8) is 0 Å². The number of rotatable bonds is 6. The molecule has 0 spiro atoms. The van der Waals surface area contributed by atoms with Gasteiger partial charge in [0.25, 0.3) is 0 Å². The summed E-state index contributed by atoms with van der Waals surface area (Å²) in [4.78, 5) is 2.20. The fraction of sp³-hybridized carbons (Fsp3) is 0.571. The average Bonchev–Trinajstić information content (AvgIpc) is 2.28. The van der Waals surface area contributed by atoms with Gasteiger partial charge in [-0.2, -0.15) is 0 Å². The zero-order chi connectivity index (χ0) is 14.6. The lowest BCUT2D eigenvalue weighted by Crippen LogP contribution is -2.57. The van der Waals surface area contributed by atoms with Crippen molar-refractivity contribution >= 4 is 0 Å². The summed E-state index contributed by atoms with van der Waals surface area (Å²) < 4.78 is 41.3. The van der Waals surface area contributed by atoms with Crippen LogP contribution in [0.25, 0.3) is 0 Å². The molecule has 0 bridgehead atoms. The van der Waals surface area contributed by atoms with E-state index < -0.39 is 6.36 Å². The number of ether oxygens (including phenoxy) is 1. The number of para-hydroxylation sites is 1. The van der Waals surface area contributed by atoms with Crippen molar-refractivity contribution in [2.75, 3.05) is 19.6 Å². The Morgan fingerprint density at radius 2 is 2.00 bits per heavy atom. The summed E-state index contributed by atoms with van der Waals surface area (Å²) in [5.41, 5.74) is 0.574. The van der Waals surface area contributed by atoms with Gasteiger partial charge in [-0.05, 0) is 19.0 Å². The molecule has 1 saturated heterocycles. The van der Waals surface area contributed by atoms with Gasteiger partial charge in [-0.3, -0.25) is 4.90 Å². The molecule has 1 aliphatic heterocycles. The molecule has 2 rings (SSSR count). The standard InChI is InChI=1S/C14H19F3N2O/c1-2-7-19(12-8-18-9-12)10-11-5-3-4-6-13(11)20-14(15,16)17/h3-6,12,18H,2,7-10H2,1H3. The van der Waals surface area contributed by atoms with Crippen LogP contribution < -0.4 is 10.1 Å². The fourth-order valence-electron chi connectivity index (χ4n) is 2.29. The van der Waals surface area contributed by atoms with Crippen LogP contribution in [-0.4, -0.2) is 36.9 Å². The summed E-state index contributed by atoms with van der Waals surface area (Å²) in [6.07, 6.45) is -3.68. The van der Waals surface area contributed by atoms with E-state index >= 15 is 0 Å². The highest BCUT2D eigenvalue weighted by Gasteiger charge is 2.32. The molecular formula is C14H19F3N2O. The second-order valence-corrected chi connectivity index (χ2v) is 4.94. The van der Waals surface area contributed by atoms with Crippen molar-refractivity contribution in [2.24, 2.45) is 0 Å². The van der Waals surface area contributed by atoms with E-state index in [1.165, 1.54) is 6.07 Å². The molecule has 0 atom stereocenters. The van der Waals surface area contributed by atoms with Gasteiger partial charge < -0.3 is 10.1 Å². The molecule has 6 heteroatoms. The van der Waals surface area contributed by atoms with Crippen molar-refractivity contribution in [2.45, 2.75) is 32.3 Å². The number of halogens is 3. The van der Waals surface area contributed by atoms with E-state index in [0.717, 1.165) is 26.1 Å². The van der Waals surface area contributed by atoms with E-state index in [1.54, 1.807) is 18.2 Å². The van der Waals surface area contributed by atoms with Crippen LogP contribution >= 0.6 is 0 Å². The minimum Gasteiger partial charge on any atom is -0.405 e. The molecule has 112 valence electrons. The van der Waals surface area contributed by atoms with Gasteiger partial charge in [0.15, 0.2) is 0 Å². The van der Waals surface area contributed by atoms with Gasteiger partial charge in [0, 0.05) is 31.2 Å². The van der Waals surface area contributed by atoms with Gasteiger partial charge >= 0.3 is 6.36 Å². The molecule has 1 aliphatic rings. The summed E-state index contributed by atoms with van der Waals surface area (Å²) >= 11 is 0. The second-order valence-electron chi connectivity index (χ2n) is 4.94. The molecular weight excluding hydrogens is 269 g/mol. The van der Waals surface area contributed by atoms with E-state index in [4.69, 9.17) is 0 Å². The SMILES string of the molecule is CCCN(Cc1ccccc1OC(F)(F)F)C1CNC1. The van der Waals surface area contributed by atoms with Crippen LogP contribution in [0.5, 0.6) is 5.75 Å². The van der Waals surface area contributed by atoms with E-state index in [2.05, 4.69) is 21.9 Å². The molecule has 3 nitrogen and oxygen atoms in total. The van der Waals surface area contributed by atoms with Crippen molar-refractivity contribution in [3.05, 3.63) is 29.8 Å². The van der Waals surface area contributed by atoms with Crippen LogP contribution in [0.4, 0.5) is 13.2 Å². The Kier molecular flexibility index (Phi) is 4.88. The van der Waals surface area contributed by atoms with Gasteiger partial charge in [-0.25, -0.2) is 0 Å². The molecule has 1 N–H and O–H groups in total. The van der Waals surface area contributed by atoms with E-state index in [1.807, 2.05) is 0 Å². The highest BCUT2D eigenvalue weighted by molar-refractivity contribution is 5.33. The number of nitrogens with zero attached hydrogens (tertiary/aromatic N) is 1. The first-order valence-corrected chi connectivity index (χ1v) is 6.78. The molecule has 1 aromatic carbocycles. The minimum absolute atomic E-state index is 0.103. The Balaban J connectivity index is 2.10. The van der Waals surface area contributed by atoms with E-state index in [-0.39, 0.29) is 5.75 Å². The number of benzene rings is 1. The van der Waals surface area contributed by atoms with Crippen LogP contribution in [0.15, 0.2) is 24.3 Å². The van der Waals surface area contributed by atoms with Gasteiger partial charge in [0.1, 0.15) is 5.75 Å². The first-order valence-electron chi connectivity index (χ1n) is 6.78. The summed E-state index contributed by atoms with van der Waals surface area (Å²) in [5, 5.41) is 3.19. The third-order valence-electron chi connectivity index (χ3n) is 3.36. The molecule has 1 aromatic rings. The van der Waals surface area contributed by atoms with Gasteiger partial charge in [0.05, 0.1) is 0 Å². The van der Waals surface area contributed by atoms with Gasteiger partial charge in [-0.15, -0.1) is 13.2 Å². The van der Waals surface area contributed by atoms with Gasteiger partial charge in [-0.1, -0.05) is 25.1 Å². The Labute approximate surface area is 116 Å². The van der Waals surface area contributed by atoms with Crippen LogP contribution in [-0.2, 0) is 6.54 Å². The molecule has 0 radical (unpaired) electrons. The number of hydrogen-bond acceptors (Lipinski definition) is 3. The summed E-state index contributed by atoms with van der Waals surface area (Å²) in [6, 6.07) is 6.75. The summed E-state index contributed by atoms with van der Waals surface area (Å²) in [6.45, 7) is 5.20. The summed E-state index contributed by atoms with van der Waals surface area (Å²) in [5.74, 6) is -0.103. The number of hydrogen-bond donors (Lipinski definition) is 1. The van der Waals surface area contributed by atoms with E-state index in [0.29, 0.717) is 18.2 Å². The summed E-state index contributed by atoms with van der Waals surface area (Å²) in [7, 11) is 0. The minimum atomic E-state index is -4.65. The molecule has 0 aliphatic carbocycles. The largest absolute Gasteiger partial charge is 0.573 e. The second kappa shape index (κ2) is 6.45. The normalized spacial score (nSPS) is 16.2. The topological polar surface area (TPSA) is 24.5 Å². The zero-order valence-electron chi connectivity index (χ0n) is 11.4. The maximum atomic E-state index is 12.4. The third-order valence-corrected chi connectivity index (χ3v) is 3.36. The van der Waals surface area contributed by atoms with Crippen molar-refractivity contribution in [1.29, 1.82) is 0 Å². The average molecular weight is 288 g/mol. The van der Waals surface area contributed by atoms with Crippen LogP contribution in [0.3, 0.4) is 0 Å². The molecule has 1 fully saturated rings. The number of nitrogens with one attached hydrogen (secondary N) is 1. The Hall–Kier alpha value is -1.27. The first kappa shape index (κ1) is 15.1. The van der Waals surface area contributed by atoms with Crippen molar-refractivity contribution < 1.29 is 17.9 Å². The molecule has 1 heterocycles. The quantitative estimate of drug-likeness (QED) is 0.871. The number of alkyl halides is 3. The fourth-order valence-corrected chi connectivity index (χ4v) is 2.29. The molecule has 20 heavy (non-hydrogen) atoms. The Morgan fingerprint density at radius 3 is 2.55 bits per heavy atom. The van der Waals surface area contributed by atoms with Crippen molar-refractivity contribution in [3.8, 4) is 5.75 Å². The van der Waals surface area contributed by atoms with Crippen LogP contribution in [0.1, 0.15) is 18.9 Å². The lowest BCUT2D eigenvalue weighted by Gasteiger charge is -2.38. The Bertz CT molecular complexity index is 433. The molecule has 0 unspecified atom stereocenters. The predicted octanol–water partition coefficient (Wildman–Crippen LogP) is 2.77. The molecule has 0 amide bonds. The molecule has 0 aromatic heterocycles. The highest BCUT2D eigenvalue weighted by atomic mass is 19.4. The lowest BCUT2D eigenvalue weighted by atomic mass is 10.1. The predicted molar refractivity (Wildman–Crippen MR) is 70.5 cm³/mol. The zero-order valence-corrected chi connectivity index (χ0v) is 11.4. The van der Waals surface area contributed by atoms with Crippen LogP contribution in [0.2, 0.25) is 0 Å². The monoisotopic (exact) mass is 288 g/mol. The van der Waals surface area contributed by atoms with Gasteiger partial charge in [0.2, 0.25) is 0 Å². The third kappa shape index (κ3) is 4.11.